The molecular weight excluding hydrogens is 344 g/mol. The molecule has 0 N–H and O–H groups in total. The van der Waals surface area contributed by atoms with Crippen LogP contribution < -0.4 is 0 Å². The van der Waals surface area contributed by atoms with Crippen LogP contribution in [0.25, 0.3) is 6.08 Å². The van der Waals surface area contributed by atoms with Gasteiger partial charge in [-0.15, -0.1) is 11.3 Å². The number of thiophene rings is 1. The lowest BCUT2D eigenvalue weighted by Crippen LogP contribution is -1.53. The van der Waals surface area contributed by atoms with Gasteiger partial charge in [0.15, 0.2) is 0 Å². The summed E-state index contributed by atoms with van der Waals surface area (Å²) >= 11 is 11.7. The lowest BCUT2D eigenvalue weighted by molar-refractivity contribution is 1.93. The second-order valence-electron chi connectivity index (χ2n) is 1.58. The van der Waals surface area contributed by atoms with Crippen molar-refractivity contribution < 1.29 is 0 Å². The van der Waals surface area contributed by atoms with Gasteiger partial charge in [0.05, 0.1) is 7.18 Å². The summed E-state index contributed by atoms with van der Waals surface area (Å²) in [6, 6.07) is 4.08. The fraction of sp³-hybridized carbons (Fsp3) is 0. The van der Waals surface area contributed by atoms with E-state index in [4.69, 9.17) is 0 Å². The first-order chi connectivity index (χ1) is 4.68. The molecule has 0 saturated heterocycles. The molecule has 0 aliphatic heterocycles. The highest BCUT2D eigenvalue weighted by Crippen LogP contribution is 2.26. The van der Waals surface area contributed by atoms with Crippen molar-refractivity contribution in [2.75, 3.05) is 0 Å². The van der Waals surface area contributed by atoms with Gasteiger partial charge in [-0.25, -0.2) is 0 Å². The third-order valence-corrected chi connectivity index (χ3v) is 2.87. The van der Waals surface area contributed by atoms with E-state index in [1.54, 1.807) is 11.3 Å². The molecule has 0 saturated carbocycles. The predicted octanol–water partition coefficient (Wildman–Crippen LogP) is 4.60. The highest BCUT2D eigenvalue weighted by molar-refractivity contribution is 9.28. The third-order valence-electron chi connectivity index (χ3n) is 0.845. The standard InChI is InChI=1S/C6H3Br3S/c7-5(8)3-4-1-2-6(9)10-4/h1-3H. The Kier molecular flexibility index (Phi) is 3.63. The van der Waals surface area contributed by atoms with Crippen molar-refractivity contribution in [1.82, 2.24) is 0 Å². The van der Waals surface area contributed by atoms with Crippen LogP contribution in [-0.4, -0.2) is 0 Å². The average Bonchev–Trinajstić information content (AvgIpc) is 2.13. The molecule has 0 aliphatic rings. The van der Waals surface area contributed by atoms with Crippen LogP contribution >= 0.6 is 59.1 Å². The zero-order valence-electron chi connectivity index (χ0n) is 4.77. The molecule has 0 spiro atoms. The van der Waals surface area contributed by atoms with E-state index in [-0.39, 0.29) is 0 Å². The Bertz CT molecular complexity index is 247. The van der Waals surface area contributed by atoms with E-state index in [1.807, 2.05) is 12.1 Å². The summed E-state index contributed by atoms with van der Waals surface area (Å²) in [5.41, 5.74) is 0. The van der Waals surface area contributed by atoms with Crippen molar-refractivity contribution in [2.24, 2.45) is 0 Å². The monoisotopic (exact) mass is 344 g/mol. The first kappa shape index (κ1) is 8.97. The fourth-order valence-electron chi connectivity index (χ4n) is 0.513. The number of halogens is 3. The summed E-state index contributed by atoms with van der Waals surface area (Å²) in [6.45, 7) is 0. The predicted molar refractivity (Wildman–Crippen MR) is 57.9 cm³/mol. The van der Waals surface area contributed by atoms with Crippen molar-refractivity contribution in [3.05, 3.63) is 24.2 Å². The van der Waals surface area contributed by atoms with Crippen LogP contribution in [0.15, 0.2) is 19.3 Å². The van der Waals surface area contributed by atoms with Crippen molar-refractivity contribution in [1.29, 1.82) is 0 Å². The van der Waals surface area contributed by atoms with E-state index in [2.05, 4.69) is 53.9 Å². The molecule has 1 heterocycles. The Morgan fingerprint density at radius 2 is 2.10 bits per heavy atom. The van der Waals surface area contributed by atoms with Gasteiger partial charge in [-0.1, -0.05) is 0 Å². The van der Waals surface area contributed by atoms with Crippen molar-refractivity contribution in [3.8, 4) is 0 Å². The average molecular weight is 347 g/mol. The first-order valence-electron chi connectivity index (χ1n) is 2.46. The maximum Gasteiger partial charge on any atom is 0.0704 e. The minimum Gasteiger partial charge on any atom is -0.129 e. The number of hydrogen-bond donors (Lipinski definition) is 0. The van der Waals surface area contributed by atoms with Crippen molar-refractivity contribution in [2.45, 2.75) is 0 Å². The normalized spacial score (nSPS) is 9.50. The molecule has 0 nitrogen and oxygen atoms in total. The zero-order chi connectivity index (χ0) is 7.56. The molecule has 0 fully saturated rings. The van der Waals surface area contributed by atoms with Gasteiger partial charge >= 0.3 is 0 Å². The molecule has 0 unspecified atom stereocenters. The van der Waals surface area contributed by atoms with Crippen LogP contribution in [0.3, 0.4) is 0 Å². The van der Waals surface area contributed by atoms with E-state index in [0.29, 0.717) is 0 Å². The molecule has 0 amide bonds. The van der Waals surface area contributed by atoms with Crippen molar-refractivity contribution in [3.63, 3.8) is 0 Å². The maximum atomic E-state index is 3.38. The Balaban J connectivity index is 2.86. The van der Waals surface area contributed by atoms with Crippen LogP contribution in [0.2, 0.25) is 0 Å². The van der Waals surface area contributed by atoms with Gasteiger partial charge in [0.1, 0.15) is 0 Å². The Hall–Kier alpha value is 0.880. The van der Waals surface area contributed by atoms with Crippen LogP contribution in [0, 0.1) is 0 Å². The first-order valence-corrected chi connectivity index (χ1v) is 5.66. The summed E-state index contributed by atoms with van der Waals surface area (Å²) in [7, 11) is 0. The fourth-order valence-corrected chi connectivity index (χ4v) is 2.68. The molecule has 0 atom stereocenters. The van der Waals surface area contributed by atoms with Gasteiger partial charge < -0.3 is 0 Å². The minimum atomic E-state index is 0.967. The van der Waals surface area contributed by atoms with E-state index in [0.717, 1.165) is 7.18 Å². The van der Waals surface area contributed by atoms with Crippen molar-refractivity contribution >= 4 is 65.2 Å². The summed E-state index contributed by atoms with van der Waals surface area (Å²) in [4.78, 5) is 1.22. The number of rotatable bonds is 1. The lowest BCUT2D eigenvalue weighted by atomic mass is 10.5. The minimum absolute atomic E-state index is 0.967. The van der Waals surface area contributed by atoms with Gasteiger partial charge in [0, 0.05) is 4.88 Å². The maximum absolute atomic E-state index is 3.38. The second-order valence-corrected chi connectivity index (χ2v) is 6.84. The smallest absolute Gasteiger partial charge is 0.0704 e. The van der Waals surface area contributed by atoms with Gasteiger partial charge in [0.25, 0.3) is 0 Å². The van der Waals surface area contributed by atoms with E-state index >= 15 is 0 Å². The molecular formula is C6H3Br3S. The van der Waals surface area contributed by atoms with Gasteiger partial charge in [-0.2, -0.15) is 0 Å². The SMILES string of the molecule is BrC(Br)=Cc1ccc(Br)s1. The molecule has 10 heavy (non-hydrogen) atoms. The van der Waals surface area contributed by atoms with Gasteiger partial charge in [-0.05, 0) is 66.0 Å². The van der Waals surface area contributed by atoms with E-state index in [1.165, 1.54) is 4.88 Å². The van der Waals surface area contributed by atoms with Crippen LogP contribution in [0.5, 0.6) is 0 Å². The molecule has 54 valence electrons. The Morgan fingerprint density at radius 1 is 1.40 bits per heavy atom. The Labute approximate surface area is 88.7 Å². The summed E-state index contributed by atoms with van der Waals surface area (Å²) in [5, 5.41) is 0. The molecule has 1 aromatic rings. The molecule has 1 rings (SSSR count). The topological polar surface area (TPSA) is 0 Å². The molecule has 1 aromatic heterocycles. The van der Waals surface area contributed by atoms with E-state index in [9.17, 15) is 0 Å². The molecule has 4 heteroatoms. The molecule has 0 radical (unpaired) electrons. The largest absolute Gasteiger partial charge is 0.129 e. The van der Waals surface area contributed by atoms with Gasteiger partial charge in [0.2, 0.25) is 0 Å². The molecule has 0 aliphatic carbocycles. The zero-order valence-corrected chi connectivity index (χ0v) is 10.3. The molecule has 0 bridgehead atoms. The third kappa shape index (κ3) is 2.86. The van der Waals surface area contributed by atoms with Crippen LogP contribution in [0.4, 0.5) is 0 Å². The van der Waals surface area contributed by atoms with Crippen LogP contribution in [-0.2, 0) is 0 Å². The van der Waals surface area contributed by atoms with Gasteiger partial charge in [-0.3, -0.25) is 0 Å². The van der Waals surface area contributed by atoms with Crippen LogP contribution in [0.1, 0.15) is 4.88 Å². The quantitative estimate of drug-likeness (QED) is 0.697. The summed E-state index contributed by atoms with van der Waals surface area (Å²) in [6.07, 6.45) is 2.01. The van der Waals surface area contributed by atoms with E-state index < -0.39 is 0 Å². The summed E-state index contributed by atoms with van der Waals surface area (Å²) < 4.78 is 2.12. The highest BCUT2D eigenvalue weighted by atomic mass is 79.9. The second kappa shape index (κ2) is 4.04. The molecule has 0 aromatic carbocycles. The number of hydrogen-bond acceptors (Lipinski definition) is 1. The highest BCUT2D eigenvalue weighted by Gasteiger charge is 1.93. The summed E-state index contributed by atoms with van der Waals surface area (Å²) in [5.74, 6) is 0. The lowest BCUT2D eigenvalue weighted by Gasteiger charge is -1.81. The Morgan fingerprint density at radius 3 is 2.50 bits per heavy atom.